The highest BCUT2D eigenvalue weighted by molar-refractivity contribution is 6.37. The summed E-state index contributed by atoms with van der Waals surface area (Å²) < 4.78 is 14.6. The van der Waals surface area contributed by atoms with Gasteiger partial charge in [-0.25, -0.2) is 0 Å². The number of aryl methyl sites for hydroxylation is 1. The first-order valence-corrected chi connectivity index (χ1v) is 6.86. The third-order valence-corrected chi connectivity index (χ3v) is 4.19. The summed E-state index contributed by atoms with van der Waals surface area (Å²) in [6.07, 6.45) is 0. The van der Waals surface area contributed by atoms with E-state index in [0.29, 0.717) is 15.6 Å². The van der Waals surface area contributed by atoms with Gasteiger partial charge in [-0.2, -0.15) is 0 Å². The Hall–Kier alpha value is -1.26. The number of nitrogens with zero attached hydrogens (tertiary/aromatic N) is 1. The molecular weight excluding hydrogens is 297 g/mol. The molecule has 1 unspecified atom stereocenters. The summed E-state index contributed by atoms with van der Waals surface area (Å²) in [5.74, 6) is -1.06. The molecule has 4 nitrogen and oxygen atoms in total. The molecule has 110 valence electrons. The lowest BCUT2D eigenvalue weighted by atomic mass is 9.95. The summed E-state index contributed by atoms with van der Waals surface area (Å²) in [5.41, 5.74) is 2.36. The third-order valence-electron chi connectivity index (χ3n) is 3.39. The van der Waals surface area contributed by atoms with Crippen LogP contribution in [0.5, 0.6) is 0 Å². The minimum Gasteiger partial charge on any atom is -0.359 e. The second kappa shape index (κ2) is 6.46. The van der Waals surface area contributed by atoms with Crippen molar-refractivity contribution < 1.29 is 7.62 Å². The fourth-order valence-electron chi connectivity index (χ4n) is 1.92. The van der Waals surface area contributed by atoms with E-state index >= 15 is 0 Å². The number of nitrogens with one attached hydrogen (secondary N) is 2. The number of amides is 1. The lowest BCUT2D eigenvalue weighted by molar-refractivity contribution is -0.127. The predicted octanol–water partition coefficient (Wildman–Crippen LogP) is 3.33. The smallest absolute Gasteiger partial charge is 0.236 e. The number of hydrogen-bond acceptors (Lipinski definition) is 2. The molecule has 0 fully saturated rings. The molecule has 1 aromatic carbocycles. The largest absolute Gasteiger partial charge is 0.359 e. The van der Waals surface area contributed by atoms with Crippen molar-refractivity contribution in [3.05, 3.63) is 32.8 Å². The van der Waals surface area contributed by atoms with E-state index in [2.05, 4.69) is 5.40 Å². The van der Waals surface area contributed by atoms with Gasteiger partial charge in [0.25, 0.3) is 0 Å². The number of guanidine groups is 1. The van der Waals surface area contributed by atoms with Crippen LogP contribution in [0, 0.1) is 19.2 Å². The Kier molecular flexibility index (Phi) is 4.43. The number of halogens is 2. The Morgan fingerprint density at radius 2 is 2.15 bits per heavy atom. The van der Waals surface area contributed by atoms with E-state index in [4.69, 9.17) is 26.0 Å². The van der Waals surface area contributed by atoms with E-state index < -0.39 is 5.92 Å². The highest BCUT2D eigenvalue weighted by Gasteiger charge is 2.26. The Morgan fingerprint density at radius 1 is 1.55 bits per heavy atom. The van der Waals surface area contributed by atoms with Crippen LogP contribution in [-0.2, 0) is 4.79 Å². The molecule has 0 saturated carbocycles. The lowest BCUT2D eigenvalue weighted by Crippen LogP contribution is -2.42. The number of rotatable bonds is 2. The van der Waals surface area contributed by atoms with E-state index in [0.717, 1.165) is 21.3 Å². The van der Waals surface area contributed by atoms with Crippen molar-refractivity contribution in [1.82, 2.24) is 10.2 Å². The molecule has 0 aliphatic heterocycles. The maximum Gasteiger partial charge on any atom is 0.236 e. The van der Waals surface area contributed by atoms with Crippen molar-refractivity contribution in [2.45, 2.75) is 26.7 Å². The summed E-state index contributed by atoms with van der Waals surface area (Å²) in [4.78, 5) is 13.7. The maximum absolute atomic E-state index is 12.6. The minimum absolute atomic E-state index is 0.0899. The van der Waals surface area contributed by atoms with Gasteiger partial charge in [0.2, 0.25) is 5.91 Å². The molecule has 0 heterocycles. The zero-order chi connectivity index (χ0) is 17.2. The van der Waals surface area contributed by atoms with E-state index in [9.17, 15) is 4.79 Å². The Morgan fingerprint density at radius 3 is 2.65 bits per heavy atom. The summed E-state index contributed by atoms with van der Waals surface area (Å²) in [6.45, 7) is 5.45. The molecular formula is C14H19Cl2N3O. The molecule has 0 radical (unpaired) electrons. The first-order chi connectivity index (χ1) is 10.1. The normalized spacial score (nSPS) is 14.4. The number of benzene rings is 1. The molecule has 0 aliphatic carbocycles. The van der Waals surface area contributed by atoms with Gasteiger partial charge in [-0.05, 0) is 38.0 Å². The van der Waals surface area contributed by atoms with E-state index in [1.165, 1.54) is 14.1 Å². The zero-order valence-corrected chi connectivity index (χ0v) is 13.7. The molecule has 0 aromatic heterocycles. The van der Waals surface area contributed by atoms with Crippen LogP contribution in [-0.4, -0.2) is 30.9 Å². The summed E-state index contributed by atoms with van der Waals surface area (Å²) in [6, 6.07) is 1.78. The molecule has 2 N–H and O–H groups in total. The van der Waals surface area contributed by atoms with Gasteiger partial charge in [0.1, 0.15) is 0 Å². The highest BCUT2D eigenvalue weighted by atomic mass is 35.5. The van der Waals surface area contributed by atoms with Crippen LogP contribution in [0.25, 0.3) is 0 Å². The monoisotopic (exact) mass is 317 g/mol. The standard InChI is InChI=1S/C14H19Cl2N3O/c1-7-6-10(15)11(12(16)8(7)2)9(3)13(20)19(5)14(17)18-4/h6,9H,1-5H3,(H2,17,18)/i/hD2. The Balaban J connectivity index is 3.25. The maximum atomic E-state index is 12.6. The van der Waals surface area contributed by atoms with Crippen molar-refractivity contribution in [1.29, 1.82) is 5.40 Å². The van der Waals surface area contributed by atoms with Gasteiger partial charge in [-0.1, -0.05) is 23.2 Å². The van der Waals surface area contributed by atoms with Crippen LogP contribution in [0.1, 0.15) is 29.5 Å². The first kappa shape index (κ1) is 13.7. The van der Waals surface area contributed by atoms with Crippen molar-refractivity contribution >= 4 is 35.1 Å². The second-order valence-electron chi connectivity index (χ2n) is 4.67. The van der Waals surface area contributed by atoms with Crippen LogP contribution in [0.3, 0.4) is 0 Å². The summed E-state index contributed by atoms with van der Waals surface area (Å²) >= 11 is 12.6. The van der Waals surface area contributed by atoms with Crippen LogP contribution < -0.4 is 5.31 Å². The van der Waals surface area contributed by atoms with E-state index in [1.54, 1.807) is 13.0 Å². The molecule has 1 rings (SSSR count). The van der Waals surface area contributed by atoms with Gasteiger partial charge in [0.15, 0.2) is 8.78 Å². The first-order valence-electron chi connectivity index (χ1n) is 7.00. The Bertz CT molecular complexity index is 621. The molecule has 0 aliphatic rings. The van der Waals surface area contributed by atoms with Gasteiger partial charge in [0, 0.05) is 29.7 Å². The summed E-state index contributed by atoms with van der Waals surface area (Å²) in [7, 11) is 2.85. The van der Waals surface area contributed by atoms with Gasteiger partial charge < -0.3 is 5.31 Å². The SMILES string of the molecule is [2H]/N=C(\N([2H])C)N(C)C(=O)C(C)c1c(Cl)cc(C)c(C)c1Cl. The fraction of sp³-hybridized carbons (Fsp3) is 0.429. The quantitative estimate of drug-likeness (QED) is 0.649. The third kappa shape index (κ3) is 3.07. The molecule has 0 bridgehead atoms. The molecule has 0 saturated heterocycles. The minimum atomic E-state index is -0.624. The number of hydrogen-bond donors (Lipinski definition) is 2. The average molecular weight is 318 g/mol. The van der Waals surface area contributed by atoms with Crippen molar-refractivity contribution in [3.63, 3.8) is 0 Å². The number of likely N-dealkylation sites (N-methyl/N-ethyl adjacent to an activating group) is 1. The molecule has 1 atom stereocenters. The van der Waals surface area contributed by atoms with Gasteiger partial charge >= 0.3 is 0 Å². The van der Waals surface area contributed by atoms with E-state index in [1.807, 2.05) is 13.8 Å². The van der Waals surface area contributed by atoms with Crippen molar-refractivity contribution in [2.24, 2.45) is 0 Å². The highest BCUT2D eigenvalue weighted by Crippen LogP contribution is 2.36. The van der Waals surface area contributed by atoms with Crippen molar-refractivity contribution in [2.75, 3.05) is 14.1 Å². The fourth-order valence-corrected chi connectivity index (χ4v) is 2.80. The predicted molar refractivity (Wildman–Crippen MR) is 83.9 cm³/mol. The van der Waals surface area contributed by atoms with Crippen LogP contribution in [0.4, 0.5) is 0 Å². The van der Waals surface area contributed by atoms with Crippen molar-refractivity contribution in [3.8, 4) is 0 Å². The van der Waals surface area contributed by atoms with Crippen LogP contribution in [0.15, 0.2) is 6.07 Å². The van der Waals surface area contributed by atoms with Gasteiger partial charge in [0.05, 0.1) is 5.92 Å². The molecule has 1 amide bonds. The number of carbonyl (C=O) groups excluding carboxylic acids is 1. The molecule has 6 heteroatoms. The molecule has 1 aromatic rings. The molecule has 20 heavy (non-hydrogen) atoms. The average Bonchev–Trinajstić information content (AvgIpc) is 2.44. The van der Waals surface area contributed by atoms with Crippen LogP contribution in [0.2, 0.25) is 12.9 Å². The van der Waals surface area contributed by atoms with Gasteiger partial charge in [-0.15, -0.1) is 0 Å². The second-order valence-corrected chi connectivity index (χ2v) is 5.46. The molecule has 0 spiro atoms. The lowest BCUT2D eigenvalue weighted by Gasteiger charge is -2.23. The topological polar surface area (TPSA) is 56.2 Å². The summed E-state index contributed by atoms with van der Waals surface area (Å²) in [5, 5.41) is 4.94. The zero-order valence-electron chi connectivity index (χ0n) is 14.2. The van der Waals surface area contributed by atoms with Gasteiger partial charge in [-0.3, -0.25) is 15.1 Å². The van der Waals surface area contributed by atoms with Crippen LogP contribution >= 0.6 is 23.2 Å². The Labute approximate surface area is 132 Å². The van der Waals surface area contributed by atoms with E-state index in [-0.39, 0.29) is 11.9 Å². The number of carbonyl (C=O) groups is 1.